The van der Waals surface area contributed by atoms with Gasteiger partial charge in [0.15, 0.2) is 0 Å². The van der Waals surface area contributed by atoms with Crippen LogP contribution in [0.2, 0.25) is 0 Å². The maximum Gasteiger partial charge on any atom is 0.118 e. The smallest absolute Gasteiger partial charge is 0.118 e. The molecule has 1 aromatic heterocycles. The van der Waals surface area contributed by atoms with Gasteiger partial charge in [0.2, 0.25) is 0 Å². The number of methoxy groups -OCH3 is 1. The Balaban J connectivity index is 1.92. The Morgan fingerprint density at radius 3 is 2.33 bits per heavy atom. The van der Waals surface area contributed by atoms with E-state index in [1.165, 1.54) is 16.7 Å². The van der Waals surface area contributed by atoms with E-state index >= 15 is 0 Å². The van der Waals surface area contributed by atoms with Crippen LogP contribution in [-0.4, -0.2) is 7.11 Å². The first-order valence-corrected chi connectivity index (χ1v) is 7.04. The molecule has 0 amide bonds. The molecule has 0 saturated heterocycles. The highest BCUT2D eigenvalue weighted by molar-refractivity contribution is 5.66. The summed E-state index contributed by atoms with van der Waals surface area (Å²) in [6.07, 6.45) is 0.780. The van der Waals surface area contributed by atoms with Crippen molar-refractivity contribution >= 4 is 0 Å². The van der Waals surface area contributed by atoms with Crippen LogP contribution in [0.5, 0.6) is 5.75 Å². The van der Waals surface area contributed by atoms with Crippen LogP contribution < -0.4 is 4.74 Å². The molecule has 0 saturated carbocycles. The Morgan fingerprint density at radius 2 is 1.67 bits per heavy atom. The molecule has 0 radical (unpaired) electrons. The van der Waals surface area contributed by atoms with Crippen molar-refractivity contribution in [3.05, 3.63) is 77.7 Å². The van der Waals surface area contributed by atoms with Crippen molar-refractivity contribution < 1.29 is 9.15 Å². The van der Waals surface area contributed by atoms with Gasteiger partial charge in [-0.3, -0.25) is 0 Å². The van der Waals surface area contributed by atoms with Crippen LogP contribution >= 0.6 is 0 Å². The summed E-state index contributed by atoms with van der Waals surface area (Å²) in [5.74, 6) is 2.82. The highest BCUT2D eigenvalue weighted by Crippen LogP contribution is 2.29. The molecule has 0 aliphatic heterocycles. The van der Waals surface area contributed by atoms with Crippen molar-refractivity contribution in [1.29, 1.82) is 0 Å². The highest BCUT2D eigenvalue weighted by atomic mass is 16.5. The Bertz CT molecular complexity index is 709. The van der Waals surface area contributed by atoms with Crippen LogP contribution in [0, 0.1) is 6.92 Å². The van der Waals surface area contributed by atoms with E-state index in [1.807, 2.05) is 25.1 Å². The number of rotatable bonds is 4. The Labute approximate surface area is 125 Å². The van der Waals surface area contributed by atoms with E-state index in [0.29, 0.717) is 0 Å². The fourth-order valence-electron chi connectivity index (χ4n) is 2.48. The first-order chi connectivity index (χ1) is 10.3. The number of benzene rings is 2. The molecule has 2 heteroatoms. The van der Waals surface area contributed by atoms with E-state index in [1.54, 1.807) is 7.11 Å². The molecule has 2 aromatic carbocycles. The van der Waals surface area contributed by atoms with Gasteiger partial charge in [-0.25, -0.2) is 0 Å². The molecule has 106 valence electrons. The molecule has 0 unspecified atom stereocenters. The molecule has 0 atom stereocenters. The normalized spacial score (nSPS) is 10.6. The molecular formula is C19H18O2. The van der Waals surface area contributed by atoms with Crippen molar-refractivity contribution in [1.82, 2.24) is 0 Å². The number of hydrogen-bond donors (Lipinski definition) is 0. The lowest BCUT2D eigenvalue weighted by Gasteiger charge is -2.05. The van der Waals surface area contributed by atoms with Crippen LogP contribution in [0.15, 0.2) is 65.1 Å². The zero-order chi connectivity index (χ0) is 14.7. The van der Waals surface area contributed by atoms with Gasteiger partial charge in [0.25, 0.3) is 0 Å². The molecule has 21 heavy (non-hydrogen) atoms. The second kappa shape index (κ2) is 5.88. The van der Waals surface area contributed by atoms with Gasteiger partial charge < -0.3 is 9.15 Å². The minimum Gasteiger partial charge on any atom is -0.497 e. The van der Waals surface area contributed by atoms with Gasteiger partial charge in [-0.1, -0.05) is 42.5 Å². The zero-order valence-electron chi connectivity index (χ0n) is 12.3. The molecule has 0 bridgehead atoms. The van der Waals surface area contributed by atoms with E-state index in [9.17, 15) is 0 Å². The summed E-state index contributed by atoms with van der Waals surface area (Å²) in [7, 11) is 1.68. The molecule has 0 aliphatic rings. The predicted octanol–water partition coefficient (Wildman–Crippen LogP) is 4.85. The molecular weight excluding hydrogens is 260 g/mol. The van der Waals surface area contributed by atoms with Crippen molar-refractivity contribution in [2.45, 2.75) is 13.3 Å². The average Bonchev–Trinajstić information content (AvgIpc) is 2.89. The lowest BCUT2D eigenvalue weighted by molar-refractivity contribution is 0.414. The third-order valence-corrected chi connectivity index (χ3v) is 3.54. The van der Waals surface area contributed by atoms with E-state index in [4.69, 9.17) is 9.15 Å². The Morgan fingerprint density at radius 1 is 0.952 bits per heavy atom. The van der Waals surface area contributed by atoms with Crippen LogP contribution in [-0.2, 0) is 6.42 Å². The monoisotopic (exact) mass is 278 g/mol. The minimum absolute atomic E-state index is 0.780. The van der Waals surface area contributed by atoms with Gasteiger partial charge >= 0.3 is 0 Å². The van der Waals surface area contributed by atoms with Crippen LogP contribution in [0.25, 0.3) is 11.1 Å². The highest BCUT2D eigenvalue weighted by Gasteiger charge is 2.11. The van der Waals surface area contributed by atoms with E-state index in [0.717, 1.165) is 23.7 Å². The van der Waals surface area contributed by atoms with Gasteiger partial charge in [0.1, 0.15) is 17.3 Å². The zero-order valence-corrected chi connectivity index (χ0v) is 12.3. The quantitative estimate of drug-likeness (QED) is 0.680. The van der Waals surface area contributed by atoms with Crippen LogP contribution in [0.1, 0.15) is 17.1 Å². The van der Waals surface area contributed by atoms with E-state index < -0.39 is 0 Å². The summed E-state index contributed by atoms with van der Waals surface area (Å²) in [4.78, 5) is 0. The summed E-state index contributed by atoms with van der Waals surface area (Å²) in [5.41, 5.74) is 3.57. The molecule has 0 fully saturated rings. The summed E-state index contributed by atoms with van der Waals surface area (Å²) in [6.45, 7) is 1.99. The number of hydrogen-bond acceptors (Lipinski definition) is 2. The Kier molecular flexibility index (Phi) is 3.78. The summed E-state index contributed by atoms with van der Waals surface area (Å²) in [6, 6.07) is 20.6. The number of aryl methyl sites for hydroxylation is 1. The third kappa shape index (κ3) is 3.00. The number of furan rings is 1. The van der Waals surface area contributed by atoms with Crippen LogP contribution in [0.4, 0.5) is 0 Å². The van der Waals surface area contributed by atoms with Crippen molar-refractivity contribution in [3.8, 4) is 16.9 Å². The molecule has 1 heterocycles. The molecule has 3 aromatic rings. The van der Waals surface area contributed by atoms with Gasteiger partial charge in [0, 0.05) is 12.0 Å². The average molecular weight is 278 g/mol. The second-order valence-electron chi connectivity index (χ2n) is 5.08. The summed E-state index contributed by atoms with van der Waals surface area (Å²) in [5, 5.41) is 0. The number of ether oxygens (including phenoxy) is 1. The SMILES string of the molecule is COc1ccc(Cc2oc(C)cc2-c2ccccc2)cc1. The van der Waals surface area contributed by atoms with E-state index in [-0.39, 0.29) is 0 Å². The van der Waals surface area contributed by atoms with Crippen molar-refractivity contribution in [2.75, 3.05) is 7.11 Å². The minimum atomic E-state index is 0.780. The topological polar surface area (TPSA) is 22.4 Å². The molecule has 0 aliphatic carbocycles. The van der Waals surface area contributed by atoms with Crippen molar-refractivity contribution in [3.63, 3.8) is 0 Å². The van der Waals surface area contributed by atoms with Crippen LogP contribution in [0.3, 0.4) is 0 Å². The molecule has 0 N–H and O–H groups in total. The first kappa shape index (κ1) is 13.5. The fourth-order valence-corrected chi connectivity index (χ4v) is 2.48. The third-order valence-electron chi connectivity index (χ3n) is 3.54. The van der Waals surface area contributed by atoms with Gasteiger partial charge in [0.05, 0.1) is 7.11 Å². The molecule has 0 spiro atoms. The van der Waals surface area contributed by atoms with Crippen molar-refractivity contribution in [2.24, 2.45) is 0 Å². The first-order valence-electron chi connectivity index (χ1n) is 7.04. The summed E-state index contributed by atoms with van der Waals surface area (Å²) < 4.78 is 11.1. The molecule has 3 rings (SSSR count). The lowest BCUT2D eigenvalue weighted by Crippen LogP contribution is -1.89. The maximum absolute atomic E-state index is 5.90. The van der Waals surface area contributed by atoms with Gasteiger partial charge in [-0.15, -0.1) is 0 Å². The lowest BCUT2D eigenvalue weighted by atomic mass is 10.0. The van der Waals surface area contributed by atoms with Gasteiger partial charge in [-0.05, 0) is 36.2 Å². The predicted molar refractivity (Wildman–Crippen MR) is 84.7 cm³/mol. The van der Waals surface area contributed by atoms with Gasteiger partial charge in [-0.2, -0.15) is 0 Å². The fraction of sp³-hybridized carbons (Fsp3) is 0.158. The largest absolute Gasteiger partial charge is 0.497 e. The molecule has 2 nitrogen and oxygen atoms in total. The summed E-state index contributed by atoms with van der Waals surface area (Å²) >= 11 is 0. The second-order valence-corrected chi connectivity index (χ2v) is 5.08. The van der Waals surface area contributed by atoms with E-state index in [2.05, 4.69) is 42.5 Å². The maximum atomic E-state index is 5.90. The standard InChI is InChI=1S/C19H18O2/c1-14-12-18(16-6-4-3-5-7-16)19(21-14)13-15-8-10-17(20-2)11-9-15/h3-12H,13H2,1-2H3. The Hall–Kier alpha value is -2.48.